The minimum atomic E-state index is -1.44. The van der Waals surface area contributed by atoms with Gasteiger partial charge in [-0.2, -0.15) is 0 Å². The van der Waals surface area contributed by atoms with Crippen LogP contribution in [-0.2, 0) is 22.4 Å². The number of carboxylic acid groups (broad SMARTS) is 1. The lowest BCUT2D eigenvalue weighted by atomic mass is 9.76. The highest BCUT2D eigenvalue weighted by atomic mass is 16.4. The average molecular weight is 219 g/mol. The molecule has 3 N–H and O–H groups in total. The van der Waals surface area contributed by atoms with Gasteiger partial charge in [0.2, 0.25) is 0 Å². The predicted octanol–water partition coefficient (Wildman–Crippen LogP) is 0.526. The smallest absolute Gasteiger partial charge is 0.374 e. The molecule has 1 unspecified atom stereocenters. The number of hydrogen-bond donors (Lipinski definition) is 2. The molecule has 0 aliphatic heterocycles. The van der Waals surface area contributed by atoms with Crippen LogP contribution in [0, 0.1) is 0 Å². The number of carboxylic acids is 1. The quantitative estimate of drug-likeness (QED) is 0.711. The summed E-state index contributed by atoms with van der Waals surface area (Å²) in [5.74, 6) is -2.33. The van der Waals surface area contributed by atoms with Crippen LogP contribution in [0.1, 0.15) is 17.5 Å². The topological polar surface area (TPSA) is 80.4 Å². The molecule has 1 aliphatic rings. The SMILES string of the molecule is NC1(C(=O)C(=O)O)CCc2ccccc2C1. The van der Waals surface area contributed by atoms with Crippen LogP contribution >= 0.6 is 0 Å². The summed E-state index contributed by atoms with van der Waals surface area (Å²) < 4.78 is 0. The van der Waals surface area contributed by atoms with Crippen molar-refractivity contribution >= 4 is 11.8 Å². The van der Waals surface area contributed by atoms with Crippen molar-refractivity contribution in [3.63, 3.8) is 0 Å². The highest BCUT2D eigenvalue weighted by molar-refractivity contribution is 6.36. The summed E-state index contributed by atoms with van der Waals surface area (Å²) in [5, 5.41) is 8.72. The van der Waals surface area contributed by atoms with E-state index in [4.69, 9.17) is 10.8 Å². The summed E-state index contributed by atoms with van der Waals surface area (Å²) in [5.41, 5.74) is 6.78. The first-order valence-electron chi connectivity index (χ1n) is 5.16. The van der Waals surface area contributed by atoms with Gasteiger partial charge in [0.25, 0.3) is 5.78 Å². The van der Waals surface area contributed by atoms with E-state index in [2.05, 4.69) is 0 Å². The Hall–Kier alpha value is -1.68. The van der Waals surface area contributed by atoms with Crippen LogP contribution < -0.4 is 5.73 Å². The van der Waals surface area contributed by atoms with Gasteiger partial charge in [0.05, 0.1) is 5.54 Å². The van der Waals surface area contributed by atoms with Crippen LogP contribution in [0.4, 0.5) is 0 Å². The molecule has 0 heterocycles. The first kappa shape index (κ1) is 10.8. The Balaban J connectivity index is 2.31. The van der Waals surface area contributed by atoms with Gasteiger partial charge in [-0.1, -0.05) is 24.3 Å². The monoisotopic (exact) mass is 219 g/mol. The molecule has 1 aromatic carbocycles. The highest BCUT2D eigenvalue weighted by Crippen LogP contribution is 2.27. The van der Waals surface area contributed by atoms with E-state index in [-0.39, 0.29) is 0 Å². The zero-order valence-corrected chi connectivity index (χ0v) is 8.77. The van der Waals surface area contributed by atoms with E-state index in [0.717, 1.165) is 11.1 Å². The van der Waals surface area contributed by atoms with Crippen molar-refractivity contribution in [1.29, 1.82) is 0 Å². The van der Waals surface area contributed by atoms with Gasteiger partial charge in [-0.15, -0.1) is 0 Å². The van der Waals surface area contributed by atoms with Crippen LogP contribution in [0.2, 0.25) is 0 Å². The average Bonchev–Trinajstić information content (AvgIpc) is 2.27. The second-order valence-corrected chi connectivity index (χ2v) is 4.24. The Bertz CT molecular complexity index is 455. The molecular formula is C12H13NO3. The van der Waals surface area contributed by atoms with Gasteiger partial charge in [-0.3, -0.25) is 4.79 Å². The number of ketones is 1. The molecule has 16 heavy (non-hydrogen) atoms. The lowest BCUT2D eigenvalue weighted by Crippen LogP contribution is -2.54. The van der Waals surface area contributed by atoms with Crippen LogP contribution in [0.25, 0.3) is 0 Å². The Morgan fingerprint density at radius 3 is 2.50 bits per heavy atom. The van der Waals surface area contributed by atoms with E-state index < -0.39 is 17.3 Å². The Labute approximate surface area is 93.1 Å². The molecule has 1 atom stereocenters. The third kappa shape index (κ3) is 1.72. The summed E-state index contributed by atoms with van der Waals surface area (Å²) >= 11 is 0. The molecule has 1 aromatic rings. The second-order valence-electron chi connectivity index (χ2n) is 4.24. The number of aryl methyl sites for hydroxylation is 1. The standard InChI is InChI=1S/C12H13NO3/c13-12(10(14)11(15)16)6-5-8-3-1-2-4-9(8)7-12/h1-4H,5-7,13H2,(H,15,16). The largest absolute Gasteiger partial charge is 0.475 e. The number of carbonyl (C=O) groups is 2. The van der Waals surface area contributed by atoms with E-state index in [1.807, 2.05) is 24.3 Å². The summed E-state index contributed by atoms with van der Waals surface area (Å²) in [6.45, 7) is 0. The van der Waals surface area contributed by atoms with Crippen molar-refractivity contribution in [2.45, 2.75) is 24.8 Å². The maximum atomic E-state index is 11.5. The van der Waals surface area contributed by atoms with Crippen molar-refractivity contribution in [3.05, 3.63) is 35.4 Å². The molecule has 0 saturated heterocycles. The molecule has 0 radical (unpaired) electrons. The minimum absolute atomic E-state index is 0.314. The van der Waals surface area contributed by atoms with Crippen LogP contribution in [0.5, 0.6) is 0 Å². The highest BCUT2D eigenvalue weighted by Gasteiger charge is 2.40. The number of benzene rings is 1. The third-order valence-corrected chi connectivity index (χ3v) is 3.11. The molecular weight excluding hydrogens is 206 g/mol. The molecule has 84 valence electrons. The molecule has 4 nitrogen and oxygen atoms in total. The minimum Gasteiger partial charge on any atom is -0.475 e. The summed E-state index contributed by atoms with van der Waals surface area (Å²) in [6, 6.07) is 7.68. The fourth-order valence-corrected chi connectivity index (χ4v) is 2.17. The van der Waals surface area contributed by atoms with Gasteiger partial charge in [0.1, 0.15) is 0 Å². The third-order valence-electron chi connectivity index (χ3n) is 3.11. The molecule has 0 aromatic heterocycles. The number of Topliss-reactive ketones (excluding diaryl/α,β-unsaturated/α-hetero) is 1. The molecule has 2 rings (SSSR count). The Morgan fingerprint density at radius 1 is 1.25 bits per heavy atom. The van der Waals surface area contributed by atoms with Gasteiger partial charge < -0.3 is 10.8 Å². The Kier molecular flexibility index (Phi) is 2.52. The molecule has 0 fully saturated rings. The lowest BCUT2D eigenvalue weighted by molar-refractivity contribution is -0.151. The van der Waals surface area contributed by atoms with Gasteiger partial charge in [0.15, 0.2) is 0 Å². The maximum Gasteiger partial charge on any atom is 0.374 e. The molecule has 0 saturated carbocycles. The van der Waals surface area contributed by atoms with Crippen molar-refractivity contribution in [1.82, 2.24) is 0 Å². The number of aliphatic carboxylic acids is 1. The number of carbonyl (C=O) groups excluding carboxylic acids is 1. The maximum absolute atomic E-state index is 11.5. The predicted molar refractivity (Wildman–Crippen MR) is 58.0 cm³/mol. The number of fused-ring (bicyclic) bond motifs is 1. The Morgan fingerprint density at radius 2 is 1.88 bits per heavy atom. The zero-order chi connectivity index (χ0) is 11.8. The van der Waals surface area contributed by atoms with E-state index in [1.54, 1.807) is 0 Å². The number of hydrogen-bond acceptors (Lipinski definition) is 3. The van der Waals surface area contributed by atoms with Crippen LogP contribution in [0.3, 0.4) is 0 Å². The molecule has 1 aliphatic carbocycles. The van der Waals surface area contributed by atoms with Crippen LogP contribution in [-0.4, -0.2) is 22.4 Å². The van der Waals surface area contributed by atoms with Crippen LogP contribution in [0.15, 0.2) is 24.3 Å². The molecule has 0 amide bonds. The summed E-state index contributed by atoms with van der Waals surface area (Å²) in [6.07, 6.45) is 1.37. The zero-order valence-electron chi connectivity index (χ0n) is 8.77. The molecule has 0 spiro atoms. The lowest BCUT2D eigenvalue weighted by Gasteiger charge is -2.31. The molecule has 4 heteroatoms. The summed E-state index contributed by atoms with van der Waals surface area (Å²) in [7, 11) is 0. The van der Waals surface area contributed by atoms with E-state index in [9.17, 15) is 9.59 Å². The number of rotatable bonds is 2. The second kappa shape index (κ2) is 3.72. The van der Waals surface area contributed by atoms with E-state index in [1.165, 1.54) is 0 Å². The fourth-order valence-electron chi connectivity index (χ4n) is 2.17. The van der Waals surface area contributed by atoms with Gasteiger partial charge in [0, 0.05) is 0 Å². The van der Waals surface area contributed by atoms with E-state index >= 15 is 0 Å². The van der Waals surface area contributed by atoms with Crippen molar-refractivity contribution in [2.75, 3.05) is 0 Å². The first-order chi connectivity index (χ1) is 7.53. The van der Waals surface area contributed by atoms with Gasteiger partial charge in [-0.05, 0) is 30.4 Å². The molecule has 0 bridgehead atoms. The normalized spacial score (nSPS) is 23.6. The van der Waals surface area contributed by atoms with Crippen molar-refractivity contribution < 1.29 is 14.7 Å². The van der Waals surface area contributed by atoms with Crippen molar-refractivity contribution in [2.24, 2.45) is 5.73 Å². The van der Waals surface area contributed by atoms with Gasteiger partial charge >= 0.3 is 5.97 Å². The summed E-state index contributed by atoms with van der Waals surface area (Å²) in [4.78, 5) is 22.2. The van der Waals surface area contributed by atoms with E-state index in [0.29, 0.717) is 19.3 Å². The number of nitrogens with two attached hydrogens (primary N) is 1. The first-order valence-corrected chi connectivity index (χ1v) is 5.16. The fraction of sp³-hybridized carbons (Fsp3) is 0.333. The van der Waals surface area contributed by atoms with Crippen molar-refractivity contribution in [3.8, 4) is 0 Å². The van der Waals surface area contributed by atoms with Gasteiger partial charge in [-0.25, -0.2) is 4.79 Å².